The fraction of sp³-hybridized carbons (Fsp3) is 0.900. The Morgan fingerprint density at radius 1 is 1.69 bits per heavy atom. The zero-order valence-electron chi connectivity index (χ0n) is 10.1. The van der Waals surface area contributed by atoms with Gasteiger partial charge in [0.05, 0.1) is 32.4 Å². The van der Waals surface area contributed by atoms with Gasteiger partial charge < -0.3 is 14.4 Å². The summed E-state index contributed by atoms with van der Waals surface area (Å²) in [5.74, 6) is 6.23. The van der Waals surface area contributed by atoms with E-state index in [0.717, 1.165) is 32.1 Å². The number of hydrogen-bond acceptors (Lipinski definition) is 4. The molecule has 0 aromatic heterocycles. The molecule has 1 aliphatic rings. The van der Waals surface area contributed by atoms with Crippen molar-refractivity contribution in [2.24, 2.45) is 10.8 Å². The molecule has 0 saturated carbocycles. The van der Waals surface area contributed by atoms with Gasteiger partial charge in [0.25, 0.3) is 0 Å². The Hall–Kier alpha value is -0.850. The second-order valence-corrected chi connectivity index (χ2v) is 3.67. The number of morpholine rings is 1. The van der Waals surface area contributed by atoms with E-state index in [-0.39, 0.29) is 0 Å². The van der Waals surface area contributed by atoms with E-state index in [9.17, 15) is 0 Å². The molecule has 16 heavy (non-hydrogen) atoms. The van der Waals surface area contributed by atoms with Crippen molar-refractivity contribution in [1.29, 1.82) is 0 Å². The maximum Gasteiger partial charge on any atom is 0.208 e. The van der Waals surface area contributed by atoms with Gasteiger partial charge in [0, 0.05) is 13.7 Å². The molecule has 0 aromatic carbocycles. The van der Waals surface area contributed by atoms with Gasteiger partial charge in [-0.2, -0.15) is 0 Å². The number of nitrogens with two attached hydrogens (primary N) is 1. The van der Waals surface area contributed by atoms with Crippen molar-refractivity contribution in [2.45, 2.75) is 19.4 Å². The van der Waals surface area contributed by atoms with Crippen LogP contribution in [0.4, 0.5) is 0 Å². The molecule has 6 nitrogen and oxygen atoms in total. The first-order chi connectivity index (χ1) is 7.83. The first kappa shape index (κ1) is 13.2. The van der Waals surface area contributed by atoms with Gasteiger partial charge in [-0.05, 0) is 6.42 Å². The minimum absolute atomic E-state index is 0.353. The third kappa shape index (κ3) is 3.62. The lowest BCUT2D eigenvalue weighted by Gasteiger charge is -2.36. The highest BCUT2D eigenvalue weighted by atomic mass is 16.5. The fourth-order valence-electron chi connectivity index (χ4n) is 1.73. The monoisotopic (exact) mass is 230 g/mol. The minimum atomic E-state index is 0.353. The van der Waals surface area contributed by atoms with Gasteiger partial charge in [0.1, 0.15) is 0 Å². The predicted molar refractivity (Wildman–Crippen MR) is 63.1 cm³/mol. The standard InChI is InChI=1S/C10H22N4O2/c1-3-9-8-16-7-5-14(9)10(13-11)12-4-6-15-2/h9H,3-8,11H2,1-2H3,(H,12,13). The molecule has 0 aromatic rings. The Bertz CT molecular complexity index is 223. The van der Waals surface area contributed by atoms with E-state index in [4.69, 9.17) is 15.3 Å². The molecule has 0 bridgehead atoms. The number of aliphatic imine (C=N–C) groups is 1. The number of nitrogens with one attached hydrogen (secondary N) is 1. The van der Waals surface area contributed by atoms with Gasteiger partial charge in [-0.1, -0.05) is 6.92 Å². The molecule has 1 saturated heterocycles. The van der Waals surface area contributed by atoms with Gasteiger partial charge >= 0.3 is 0 Å². The van der Waals surface area contributed by atoms with Crippen LogP contribution in [0.1, 0.15) is 13.3 Å². The van der Waals surface area contributed by atoms with Crippen molar-refractivity contribution in [3.63, 3.8) is 0 Å². The minimum Gasteiger partial charge on any atom is -0.383 e. The highest BCUT2D eigenvalue weighted by molar-refractivity contribution is 5.79. The Morgan fingerprint density at radius 2 is 2.50 bits per heavy atom. The number of rotatable bonds is 4. The molecule has 3 N–H and O–H groups in total. The number of ether oxygens (including phenoxy) is 2. The summed E-state index contributed by atoms with van der Waals surface area (Å²) < 4.78 is 10.4. The van der Waals surface area contributed by atoms with E-state index in [2.05, 4.69) is 22.2 Å². The maximum atomic E-state index is 5.50. The summed E-state index contributed by atoms with van der Waals surface area (Å²) in [6.07, 6.45) is 1.02. The topological polar surface area (TPSA) is 72.1 Å². The summed E-state index contributed by atoms with van der Waals surface area (Å²) >= 11 is 0. The Kier molecular flexibility index (Phi) is 6.14. The van der Waals surface area contributed by atoms with E-state index in [0.29, 0.717) is 19.2 Å². The molecule has 0 spiro atoms. The third-order valence-electron chi connectivity index (χ3n) is 2.66. The summed E-state index contributed by atoms with van der Waals surface area (Å²) in [7, 11) is 1.66. The van der Waals surface area contributed by atoms with Crippen LogP contribution in [0, 0.1) is 0 Å². The zero-order chi connectivity index (χ0) is 11.8. The highest BCUT2D eigenvalue weighted by Crippen LogP contribution is 2.10. The lowest BCUT2D eigenvalue weighted by molar-refractivity contribution is 0.0234. The highest BCUT2D eigenvalue weighted by Gasteiger charge is 2.23. The average molecular weight is 230 g/mol. The molecule has 1 unspecified atom stereocenters. The van der Waals surface area contributed by atoms with E-state index < -0.39 is 0 Å². The molecule has 0 aliphatic carbocycles. The molecule has 94 valence electrons. The molecule has 1 aliphatic heterocycles. The molecule has 1 atom stereocenters. The quantitative estimate of drug-likeness (QED) is 0.225. The smallest absolute Gasteiger partial charge is 0.208 e. The number of methoxy groups -OCH3 is 1. The van der Waals surface area contributed by atoms with Crippen molar-refractivity contribution in [2.75, 3.05) is 40.0 Å². The predicted octanol–water partition coefficient (Wildman–Crippen LogP) is -0.437. The van der Waals surface area contributed by atoms with Crippen molar-refractivity contribution in [3.05, 3.63) is 0 Å². The Balaban J connectivity index is 2.57. The second kappa shape index (κ2) is 7.43. The zero-order valence-corrected chi connectivity index (χ0v) is 10.1. The van der Waals surface area contributed by atoms with E-state index in [1.807, 2.05) is 0 Å². The normalized spacial score (nSPS) is 22.3. The summed E-state index contributed by atoms with van der Waals surface area (Å²) in [5.41, 5.74) is 2.66. The van der Waals surface area contributed by atoms with Gasteiger partial charge in [-0.15, -0.1) is 0 Å². The van der Waals surface area contributed by atoms with Gasteiger partial charge in [0.2, 0.25) is 5.96 Å². The summed E-state index contributed by atoms with van der Waals surface area (Å²) in [6.45, 7) is 5.64. The van der Waals surface area contributed by atoms with Crippen LogP contribution in [-0.4, -0.2) is 56.9 Å². The van der Waals surface area contributed by atoms with E-state index in [1.165, 1.54) is 0 Å². The largest absolute Gasteiger partial charge is 0.383 e. The molecule has 6 heteroatoms. The molecule has 0 amide bonds. The lowest BCUT2D eigenvalue weighted by Crippen LogP contribution is -2.54. The number of guanidine groups is 1. The fourth-order valence-corrected chi connectivity index (χ4v) is 1.73. The first-order valence-electron chi connectivity index (χ1n) is 5.67. The number of hydrazine groups is 1. The van der Waals surface area contributed by atoms with Crippen LogP contribution in [0.25, 0.3) is 0 Å². The Morgan fingerprint density at radius 3 is 3.12 bits per heavy atom. The lowest BCUT2D eigenvalue weighted by atomic mass is 10.2. The van der Waals surface area contributed by atoms with Crippen LogP contribution < -0.4 is 11.3 Å². The number of nitrogens with zero attached hydrogens (tertiary/aromatic N) is 2. The molecule has 1 rings (SSSR count). The number of hydrogen-bond donors (Lipinski definition) is 2. The van der Waals surface area contributed by atoms with Crippen molar-refractivity contribution in [3.8, 4) is 0 Å². The average Bonchev–Trinajstić information content (AvgIpc) is 2.35. The van der Waals surface area contributed by atoms with Gasteiger partial charge in [0.15, 0.2) is 0 Å². The van der Waals surface area contributed by atoms with E-state index >= 15 is 0 Å². The van der Waals surface area contributed by atoms with Crippen LogP contribution in [0.3, 0.4) is 0 Å². The van der Waals surface area contributed by atoms with Gasteiger partial charge in [-0.25, -0.2) is 10.8 Å². The summed E-state index contributed by atoms with van der Waals surface area (Å²) in [5, 5.41) is 0. The van der Waals surface area contributed by atoms with Crippen LogP contribution in [-0.2, 0) is 9.47 Å². The molecular formula is C10H22N4O2. The van der Waals surface area contributed by atoms with Crippen LogP contribution >= 0.6 is 0 Å². The van der Waals surface area contributed by atoms with Crippen LogP contribution in [0.2, 0.25) is 0 Å². The van der Waals surface area contributed by atoms with Gasteiger partial charge in [-0.3, -0.25) is 5.43 Å². The van der Waals surface area contributed by atoms with Crippen LogP contribution in [0.15, 0.2) is 4.99 Å². The molecule has 0 radical (unpaired) electrons. The first-order valence-corrected chi connectivity index (χ1v) is 5.67. The molecular weight excluding hydrogens is 208 g/mol. The second-order valence-electron chi connectivity index (χ2n) is 3.67. The molecule has 1 fully saturated rings. The summed E-state index contributed by atoms with van der Waals surface area (Å²) in [6, 6.07) is 0.353. The molecule has 1 heterocycles. The van der Waals surface area contributed by atoms with E-state index in [1.54, 1.807) is 7.11 Å². The van der Waals surface area contributed by atoms with Crippen molar-refractivity contribution < 1.29 is 9.47 Å². The Labute approximate surface area is 96.8 Å². The van der Waals surface area contributed by atoms with Crippen LogP contribution in [0.5, 0.6) is 0 Å². The maximum absolute atomic E-state index is 5.50. The summed E-state index contributed by atoms with van der Waals surface area (Å²) in [4.78, 5) is 6.55. The van der Waals surface area contributed by atoms with Crippen molar-refractivity contribution >= 4 is 5.96 Å². The van der Waals surface area contributed by atoms with Crippen molar-refractivity contribution in [1.82, 2.24) is 10.3 Å². The third-order valence-corrected chi connectivity index (χ3v) is 2.66. The SMILES string of the molecule is CCC1COCCN1C(=NCCOC)NN.